The molecule has 1 saturated heterocycles. The lowest BCUT2D eigenvalue weighted by Crippen LogP contribution is -2.43. The zero-order chi connectivity index (χ0) is 19.7. The van der Waals surface area contributed by atoms with Crippen LogP contribution in [0.1, 0.15) is 31.7 Å². The Morgan fingerprint density at radius 2 is 2.04 bits per heavy atom. The fourth-order valence-corrected chi connectivity index (χ4v) is 3.71. The Morgan fingerprint density at radius 3 is 2.74 bits per heavy atom. The quantitative estimate of drug-likeness (QED) is 0.679. The number of hydrogen-bond acceptors (Lipinski definition) is 5. The fourth-order valence-electron chi connectivity index (χ4n) is 2.89. The van der Waals surface area contributed by atoms with Crippen molar-refractivity contribution < 1.29 is 22.7 Å². The van der Waals surface area contributed by atoms with Crippen molar-refractivity contribution in [3.63, 3.8) is 0 Å². The van der Waals surface area contributed by atoms with Crippen LogP contribution in [0.25, 0.3) is 6.08 Å². The molecule has 148 valence electrons. The molecule has 0 spiro atoms. The molecule has 0 aliphatic carbocycles. The summed E-state index contributed by atoms with van der Waals surface area (Å²) in [6, 6.07) is 9.08. The topological polar surface area (TPSA) is 92.8 Å². The van der Waals surface area contributed by atoms with Crippen LogP contribution in [-0.2, 0) is 24.3 Å². The number of rotatable bonds is 8. The summed E-state index contributed by atoms with van der Waals surface area (Å²) in [5.41, 5.74) is 0.775. The monoisotopic (exact) mass is 394 g/mol. The molecule has 8 heteroatoms. The molecule has 2 rings (SSSR count). The normalized spacial score (nSPS) is 17.8. The van der Waals surface area contributed by atoms with Crippen LogP contribution >= 0.6 is 0 Å². The summed E-state index contributed by atoms with van der Waals surface area (Å²) < 4.78 is 31.4. The Hall–Kier alpha value is -2.19. The number of ether oxygens (including phenoxy) is 1. The lowest BCUT2D eigenvalue weighted by atomic mass is 9.98. The smallest absolute Gasteiger partial charge is 0.310 e. The van der Waals surface area contributed by atoms with Gasteiger partial charge in [-0.25, -0.2) is 13.1 Å². The van der Waals surface area contributed by atoms with E-state index in [0.717, 1.165) is 17.4 Å². The van der Waals surface area contributed by atoms with E-state index < -0.39 is 10.0 Å². The van der Waals surface area contributed by atoms with Crippen molar-refractivity contribution in [2.24, 2.45) is 5.92 Å². The van der Waals surface area contributed by atoms with E-state index in [2.05, 4.69) is 4.72 Å². The van der Waals surface area contributed by atoms with E-state index in [4.69, 9.17) is 4.74 Å². The van der Waals surface area contributed by atoms with Crippen molar-refractivity contribution >= 4 is 28.0 Å². The van der Waals surface area contributed by atoms with Crippen molar-refractivity contribution in [3.8, 4) is 0 Å². The maximum absolute atomic E-state index is 12.3. The molecule has 1 aliphatic rings. The van der Waals surface area contributed by atoms with Crippen LogP contribution in [0, 0.1) is 5.92 Å². The number of benzene rings is 1. The summed E-state index contributed by atoms with van der Waals surface area (Å²) in [4.78, 5) is 25.8. The Labute approximate surface area is 160 Å². The zero-order valence-electron chi connectivity index (χ0n) is 15.5. The molecule has 0 aromatic heterocycles. The summed E-state index contributed by atoms with van der Waals surface area (Å²) in [6.07, 6.45) is 2.99. The van der Waals surface area contributed by atoms with E-state index in [1.54, 1.807) is 24.0 Å². The van der Waals surface area contributed by atoms with Gasteiger partial charge >= 0.3 is 5.97 Å². The number of esters is 1. The van der Waals surface area contributed by atoms with Crippen LogP contribution in [0.15, 0.2) is 35.7 Å². The Kier molecular flexibility index (Phi) is 7.99. The van der Waals surface area contributed by atoms with Crippen LogP contribution in [0.4, 0.5) is 0 Å². The second-order valence-corrected chi connectivity index (χ2v) is 7.98. The zero-order valence-corrected chi connectivity index (χ0v) is 16.3. The van der Waals surface area contributed by atoms with E-state index in [1.165, 1.54) is 6.08 Å². The largest absolute Gasteiger partial charge is 0.466 e. The van der Waals surface area contributed by atoms with Gasteiger partial charge in [0.1, 0.15) is 0 Å². The standard InChI is InChI=1S/C19H26N2O5S/c1-2-26-19(23)17-9-6-13-21(15-17)18(22)10-12-20-27(24,25)14-11-16-7-4-3-5-8-16/h3-5,7-8,11,14,17,20H,2,6,9-10,12-13,15H2,1H3/b14-11+. The maximum Gasteiger partial charge on any atom is 0.310 e. The number of piperidine rings is 1. The minimum absolute atomic E-state index is 0.0148. The predicted molar refractivity (Wildman–Crippen MR) is 103 cm³/mol. The number of amides is 1. The van der Waals surface area contributed by atoms with Crippen molar-refractivity contribution in [2.45, 2.75) is 26.2 Å². The van der Waals surface area contributed by atoms with Gasteiger partial charge in [0.2, 0.25) is 15.9 Å². The predicted octanol–water partition coefficient (Wildman–Crippen LogP) is 1.77. The first-order valence-corrected chi connectivity index (χ1v) is 10.6. The number of nitrogens with zero attached hydrogens (tertiary/aromatic N) is 1. The molecule has 1 fully saturated rings. The van der Waals surface area contributed by atoms with Crippen LogP contribution < -0.4 is 4.72 Å². The highest BCUT2D eigenvalue weighted by Gasteiger charge is 2.29. The van der Waals surface area contributed by atoms with Gasteiger partial charge in [-0.2, -0.15) is 0 Å². The van der Waals surface area contributed by atoms with E-state index in [9.17, 15) is 18.0 Å². The molecule has 1 unspecified atom stereocenters. The van der Waals surface area contributed by atoms with E-state index in [0.29, 0.717) is 26.1 Å². The van der Waals surface area contributed by atoms with Gasteiger partial charge in [-0.05, 0) is 31.4 Å². The molecule has 1 heterocycles. The van der Waals surface area contributed by atoms with Crippen molar-refractivity contribution in [2.75, 3.05) is 26.2 Å². The minimum Gasteiger partial charge on any atom is -0.466 e. The summed E-state index contributed by atoms with van der Waals surface area (Å²) in [7, 11) is -3.61. The van der Waals surface area contributed by atoms with E-state index in [-0.39, 0.29) is 30.8 Å². The second kappa shape index (κ2) is 10.2. The molecule has 0 saturated carbocycles. The van der Waals surface area contributed by atoms with Gasteiger partial charge < -0.3 is 9.64 Å². The first kappa shape index (κ1) is 21.1. The van der Waals surface area contributed by atoms with Crippen molar-refractivity contribution in [1.82, 2.24) is 9.62 Å². The summed E-state index contributed by atoms with van der Waals surface area (Å²) in [5.74, 6) is -0.742. The van der Waals surface area contributed by atoms with Gasteiger partial charge in [0.15, 0.2) is 0 Å². The van der Waals surface area contributed by atoms with E-state index >= 15 is 0 Å². The van der Waals surface area contributed by atoms with Gasteiger partial charge in [-0.3, -0.25) is 9.59 Å². The van der Waals surface area contributed by atoms with Gasteiger partial charge in [0.25, 0.3) is 0 Å². The van der Waals surface area contributed by atoms with Crippen LogP contribution in [-0.4, -0.2) is 51.4 Å². The van der Waals surface area contributed by atoms with Gasteiger partial charge in [-0.1, -0.05) is 30.3 Å². The van der Waals surface area contributed by atoms with Crippen molar-refractivity contribution in [3.05, 3.63) is 41.3 Å². The van der Waals surface area contributed by atoms with Crippen LogP contribution in [0.2, 0.25) is 0 Å². The molecule has 1 amide bonds. The third-order valence-electron chi connectivity index (χ3n) is 4.28. The highest BCUT2D eigenvalue weighted by molar-refractivity contribution is 7.92. The third kappa shape index (κ3) is 7.15. The molecule has 7 nitrogen and oxygen atoms in total. The highest BCUT2D eigenvalue weighted by atomic mass is 32.2. The van der Waals surface area contributed by atoms with Crippen molar-refractivity contribution in [1.29, 1.82) is 0 Å². The highest BCUT2D eigenvalue weighted by Crippen LogP contribution is 2.18. The fraction of sp³-hybridized carbons (Fsp3) is 0.474. The molecule has 0 radical (unpaired) electrons. The van der Waals surface area contributed by atoms with E-state index in [1.807, 2.05) is 18.2 Å². The maximum atomic E-state index is 12.3. The Bertz CT molecular complexity index is 762. The molecule has 0 bridgehead atoms. The number of carbonyl (C=O) groups is 2. The molecule has 1 aliphatic heterocycles. The number of likely N-dealkylation sites (tertiary alicyclic amines) is 1. The summed E-state index contributed by atoms with van der Waals surface area (Å²) in [5, 5.41) is 1.09. The lowest BCUT2D eigenvalue weighted by molar-refractivity contribution is -0.151. The number of sulfonamides is 1. The Balaban J connectivity index is 1.79. The molecule has 1 aromatic rings. The van der Waals surface area contributed by atoms with Gasteiger partial charge in [0.05, 0.1) is 12.5 Å². The first-order chi connectivity index (χ1) is 12.9. The molecule has 27 heavy (non-hydrogen) atoms. The summed E-state index contributed by atoms with van der Waals surface area (Å²) in [6.45, 7) is 3.00. The van der Waals surface area contributed by atoms with Crippen LogP contribution in [0.3, 0.4) is 0 Å². The third-order valence-corrected chi connectivity index (χ3v) is 5.38. The number of hydrogen-bond donors (Lipinski definition) is 1. The molecular formula is C19H26N2O5S. The summed E-state index contributed by atoms with van der Waals surface area (Å²) >= 11 is 0. The number of nitrogens with one attached hydrogen (secondary N) is 1. The minimum atomic E-state index is -3.61. The second-order valence-electron chi connectivity index (χ2n) is 6.33. The van der Waals surface area contributed by atoms with Crippen LogP contribution in [0.5, 0.6) is 0 Å². The van der Waals surface area contributed by atoms with Gasteiger partial charge in [-0.15, -0.1) is 0 Å². The first-order valence-electron chi connectivity index (χ1n) is 9.08. The lowest BCUT2D eigenvalue weighted by Gasteiger charge is -2.31. The molecule has 1 N–H and O–H groups in total. The number of carbonyl (C=O) groups excluding carboxylic acids is 2. The SMILES string of the molecule is CCOC(=O)C1CCCN(C(=O)CCNS(=O)(=O)/C=C/c2ccccc2)C1. The van der Waals surface area contributed by atoms with Gasteiger partial charge in [0, 0.05) is 31.5 Å². The molecule has 1 atom stereocenters. The average Bonchev–Trinajstić information content (AvgIpc) is 2.67. The molecular weight excluding hydrogens is 368 g/mol. The molecule has 1 aromatic carbocycles. The average molecular weight is 394 g/mol. The Morgan fingerprint density at radius 1 is 1.30 bits per heavy atom.